The van der Waals surface area contributed by atoms with Crippen molar-refractivity contribution < 1.29 is 9.59 Å². The number of halogens is 1. The Balaban J connectivity index is 2.31. The Bertz CT molecular complexity index is 297. The highest BCUT2D eigenvalue weighted by Crippen LogP contribution is 2.07. The van der Waals surface area contributed by atoms with Gasteiger partial charge in [-0.05, 0) is 23.0 Å². The highest BCUT2D eigenvalue weighted by Gasteiger charge is 2.05. The van der Waals surface area contributed by atoms with E-state index in [1.54, 1.807) is 12.1 Å². The Kier molecular flexibility index (Phi) is 3.92. The molecule has 0 aliphatic carbocycles. The van der Waals surface area contributed by atoms with Crippen molar-refractivity contribution in [3.8, 4) is 0 Å². The minimum Gasteiger partial charge on any atom is -0.351 e. The predicted molar refractivity (Wildman–Crippen MR) is 52.1 cm³/mol. The standard InChI is InChI=1S/C8H8ClNO2S/c9-7(11)3-4-10-8(12)6-2-1-5-13-6/h1-2,5H,3-4H2,(H,10,12). The van der Waals surface area contributed by atoms with Crippen molar-refractivity contribution in [1.82, 2.24) is 5.32 Å². The van der Waals surface area contributed by atoms with Crippen molar-refractivity contribution in [2.24, 2.45) is 0 Å². The highest BCUT2D eigenvalue weighted by atomic mass is 35.5. The van der Waals surface area contributed by atoms with Crippen LogP contribution in [0.1, 0.15) is 16.1 Å². The van der Waals surface area contributed by atoms with Gasteiger partial charge in [-0.25, -0.2) is 0 Å². The largest absolute Gasteiger partial charge is 0.351 e. The molecule has 0 atom stereocenters. The molecule has 0 saturated carbocycles. The van der Waals surface area contributed by atoms with E-state index in [9.17, 15) is 9.59 Å². The van der Waals surface area contributed by atoms with Gasteiger partial charge in [0.05, 0.1) is 4.88 Å². The zero-order chi connectivity index (χ0) is 9.68. The third-order valence-corrected chi connectivity index (χ3v) is 2.41. The lowest BCUT2D eigenvalue weighted by Crippen LogP contribution is -2.24. The molecule has 0 spiro atoms. The van der Waals surface area contributed by atoms with Crippen molar-refractivity contribution in [2.75, 3.05) is 6.54 Å². The molecule has 1 aromatic rings. The molecular weight excluding hydrogens is 210 g/mol. The Morgan fingerprint density at radius 1 is 1.54 bits per heavy atom. The molecule has 1 heterocycles. The van der Waals surface area contributed by atoms with E-state index >= 15 is 0 Å². The summed E-state index contributed by atoms with van der Waals surface area (Å²) in [5, 5.41) is 3.97. The minimum atomic E-state index is -0.438. The van der Waals surface area contributed by atoms with E-state index < -0.39 is 5.24 Å². The Morgan fingerprint density at radius 2 is 2.31 bits per heavy atom. The summed E-state index contributed by atoms with van der Waals surface area (Å²) in [6, 6.07) is 3.52. The topological polar surface area (TPSA) is 46.2 Å². The van der Waals surface area contributed by atoms with E-state index in [2.05, 4.69) is 5.32 Å². The maximum atomic E-state index is 11.2. The van der Waals surface area contributed by atoms with Crippen LogP contribution < -0.4 is 5.32 Å². The molecule has 3 nitrogen and oxygen atoms in total. The normalized spacial score (nSPS) is 9.62. The number of carbonyl (C=O) groups excluding carboxylic acids is 2. The van der Waals surface area contributed by atoms with E-state index in [1.165, 1.54) is 11.3 Å². The maximum Gasteiger partial charge on any atom is 0.261 e. The number of carbonyl (C=O) groups is 2. The molecule has 1 rings (SSSR count). The van der Waals surface area contributed by atoms with Gasteiger partial charge in [0.1, 0.15) is 0 Å². The zero-order valence-electron chi connectivity index (χ0n) is 6.75. The van der Waals surface area contributed by atoms with Crippen LogP contribution in [-0.2, 0) is 4.79 Å². The van der Waals surface area contributed by atoms with Gasteiger partial charge in [-0.3, -0.25) is 9.59 Å². The van der Waals surface area contributed by atoms with Crippen LogP contribution in [0.15, 0.2) is 17.5 Å². The van der Waals surface area contributed by atoms with E-state index in [0.29, 0.717) is 11.4 Å². The van der Waals surface area contributed by atoms with E-state index in [4.69, 9.17) is 11.6 Å². The maximum absolute atomic E-state index is 11.2. The van der Waals surface area contributed by atoms with Gasteiger partial charge >= 0.3 is 0 Å². The summed E-state index contributed by atoms with van der Waals surface area (Å²) in [7, 11) is 0. The summed E-state index contributed by atoms with van der Waals surface area (Å²) in [6.07, 6.45) is 0.165. The third kappa shape index (κ3) is 3.57. The summed E-state index contributed by atoms with van der Waals surface area (Å²) in [4.78, 5) is 22.2. The monoisotopic (exact) mass is 217 g/mol. The molecule has 5 heteroatoms. The molecule has 1 aromatic heterocycles. The van der Waals surface area contributed by atoms with E-state index in [1.807, 2.05) is 5.38 Å². The van der Waals surface area contributed by atoms with Gasteiger partial charge in [0.15, 0.2) is 0 Å². The number of hydrogen-bond donors (Lipinski definition) is 1. The van der Waals surface area contributed by atoms with Crippen LogP contribution in [0.4, 0.5) is 0 Å². The molecule has 0 aromatic carbocycles. The van der Waals surface area contributed by atoms with Gasteiger partial charge in [0.25, 0.3) is 5.91 Å². The lowest BCUT2D eigenvalue weighted by molar-refractivity contribution is -0.111. The molecule has 0 aliphatic heterocycles. The molecule has 70 valence electrons. The molecule has 1 amide bonds. The van der Waals surface area contributed by atoms with Crippen molar-refractivity contribution in [1.29, 1.82) is 0 Å². The molecule has 0 bridgehead atoms. The van der Waals surface area contributed by atoms with Crippen LogP contribution in [0.5, 0.6) is 0 Å². The Morgan fingerprint density at radius 3 is 2.85 bits per heavy atom. The third-order valence-electron chi connectivity index (χ3n) is 1.35. The van der Waals surface area contributed by atoms with Gasteiger partial charge in [0, 0.05) is 13.0 Å². The van der Waals surface area contributed by atoms with Crippen LogP contribution in [0.25, 0.3) is 0 Å². The van der Waals surface area contributed by atoms with Crippen LogP contribution in [-0.4, -0.2) is 17.7 Å². The molecule has 0 unspecified atom stereocenters. The highest BCUT2D eigenvalue weighted by molar-refractivity contribution is 7.12. The molecule has 0 aliphatic rings. The second-order valence-electron chi connectivity index (χ2n) is 2.34. The molecular formula is C8H8ClNO2S. The average Bonchev–Trinajstić information content (AvgIpc) is 2.55. The van der Waals surface area contributed by atoms with Gasteiger partial charge in [0.2, 0.25) is 5.24 Å². The first kappa shape index (κ1) is 10.2. The smallest absolute Gasteiger partial charge is 0.261 e. The average molecular weight is 218 g/mol. The lowest BCUT2D eigenvalue weighted by atomic mass is 10.4. The van der Waals surface area contributed by atoms with Gasteiger partial charge in [-0.15, -0.1) is 11.3 Å². The summed E-state index contributed by atoms with van der Waals surface area (Å²) >= 11 is 6.46. The first-order chi connectivity index (χ1) is 6.20. The summed E-state index contributed by atoms with van der Waals surface area (Å²) < 4.78 is 0. The minimum absolute atomic E-state index is 0.159. The fourth-order valence-corrected chi connectivity index (χ4v) is 1.50. The second kappa shape index (κ2) is 4.99. The fraction of sp³-hybridized carbons (Fsp3) is 0.250. The Hall–Kier alpha value is -0.870. The molecule has 0 saturated heterocycles. The Labute approximate surface area is 84.7 Å². The fourth-order valence-electron chi connectivity index (χ4n) is 0.769. The van der Waals surface area contributed by atoms with Gasteiger partial charge < -0.3 is 5.32 Å². The lowest BCUT2D eigenvalue weighted by Gasteiger charge is -1.99. The zero-order valence-corrected chi connectivity index (χ0v) is 8.32. The van der Waals surface area contributed by atoms with Gasteiger partial charge in [-0.2, -0.15) is 0 Å². The summed E-state index contributed by atoms with van der Waals surface area (Å²) in [5.41, 5.74) is 0. The summed E-state index contributed by atoms with van der Waals surface area (Å²) in [5.74, 6) is -0.159. The van der Waals surface area contributed by atoms with Crippen LogP contribution >= 0.6 is 22.9 Å². The number of rotatable bonds is 4. The van der Waals surface area contributed by atoms with Crippen molar-refractivity contribution in [3.63, 3.8) is 0 Å². The molecule has 1 N–H and O–H groups in total. The van der Waals surface area contributed by atoms with Crippen molar-refractivity contribution in [3.05, 3.63) is 22.4 Å². The first-order valence-corrected chi connectivity index (χ1v) is 4.96. The quantitative estimate of drug-likeness (QED) is 0.780. The second-order valence-corrected chi connectivity index (χ2v) is 3.71. The van der Waals surface area contributed by atoms with E-state index in [0.717, 1.165) is 0 Å². The van der Waals surface area contributed by atoms with Crippen LogP contribution in [0.3, 0.4) is 0 Å². The van der Waals surface area contributed by atoms with Crippen LogP contribution in [0.2, 0.25) is 0 Å². The first-order valence-electron chi connectivity index (χ1n) is 3.70. The molecule has 0 fully saturated rings. The van der Waals surface area contributed by atoms with Crippen molar-refractivity contribution >= 4 is 34.1 Å². The number of nitrogens with one attached hydrogen (secondary N) is 1. The predicted octanol–water partition coefficient (Wildman–Crippen LogP) is 1.63. The van der Waals surface area contributed by atoms with Crippen molar-refractivity contribution in [2.45, 2.75) is 6.42 Å². The van der Waals surface area contributed by atoms with Crippen LogP contribution in [0, 0.1) is 0 Å². The number of hydrogen-bond acceptors (Lipinski definition) is 3. The molecule has 0 radical (unpaired) electrons. The number of amides is 1. The number of thiophene rings is 1. The molecule has 13 heavy (non-hydrogen) atoms. The summed E-state index contributed by atoms with van der Waals surface area (Å²) in [6.45, 7) is 0.291. The van der Waals surface area contributed by atoms with E-state index in [-0.39, 0.29) is 12.3 Å². The van der Waals surface area contributed by atoms with Gasteiger partial charge in [-0.1, -0.05) is 6.07 Å². The SMILES string of the molecule is O=C(Cl)CCNC(=O)c1cccs1.